The number of pyridine rings is 1. The molecule has 2 aromatic rings. The van der Waals surface area contributed by atoms with E-state index >= 15 is 0 Å². The van der Waals surface area contributed by atoms with Crippen LogP contribution in [0.5, 0.6) is 0 Å². The maximum Gasteiger partial charge on any atom is 0.264 e. The van der Waals surface area contributed by atoms with Gasteiger partial charge in [-0.05, 0) is 48.0 Å². The number of anilines is 1. The summed E-state index contributed by atoms with van der Waals surface area (Å²) in [7, 11) is -3.64. The molecule has 2 heterocycles. The third kappa shape index (κ3) is 3.20. The van der Waals surface area contributed by atoms with Crippen molar-refractivity contribution in [2.45, 2.75) is 25.3 Å². The fourth-order valence-electron chi connectivity index (χ4n) is 1.69. The molecule has 0 amide bonds. The quantitative estimate of drug-likeness (QED) is 0.859. The lowest BCUT2D eigenvalue weighted by Gasteiger charge is -2.08. The Morgan fingerprint density at radius 1 is 1.40 bits per heavy atom. The van der Waals surface area contributed by atoms with Crippen molar-refractivity contribution in [3.8, 4) is 0 Å². The summed E-state index contributed by atoms with van der Waals surface area (Å²) in [5, 5.41) is 0. The lowest BCUT2D eigenvalue weighted by atomic mass is 10.4. The van der Waals surface area contributed by atoms with E-state index in [4.69, 9.17) is 5.73 Å². The smallest absolute Gasteiger partial charge is 0.264 e. The highest BCUT2D eigenvalue weighted by atomic mass is 79.9. The number of halogens is 1. The molecule has 0 atom stereocenters. The fraction of sp³-hybridized carbons (Fsp3) is 0.250. The Hall–Kier alpha value is -0.960. The van der Waals surface area contributed by atoms with Crippen LogP contribution in [0.2, 0.25) is 0 Å². The van der Waals surface area contributed by atoms with E-state index < -0.39 is 10.0 Å². The van der Waals surface area contributed by atoms with Crippen molar-refractivity contribution in [3.63, 3.8) is 0 Å². The molecule has 108 valence electrons. The van der Waals surface area contributed by atoms with Gasteiger partial charge in [0.2, 0.25) is 0 Å². The molecule has 0 saturated carbocycles. The minimum absolute atomic E-state index is 0.255. The maximum absolute atomic E-state index is 12.4. The third-order valence-electron chi connectivity index (χ3n) is 2.67. The second-order valence-corrected chi connectivity index (χ2v) is 8.05. The monoisotopic (exact) mass is 375 g/mol. The van der Waals surface area contributed by atoms with Crippen LogP contribution in [0.15, 0.2) is 27.6 Å². The number of nitrogens with zero attached hydrogens (tertiary/aromatic N) is 1. The van der Waals surface area contributed by atoms with Gasteiger partial charge in [-0.2, -0.15) is 0 Å². The average Bonchev–Trinajstić information content (AvgIpc) is 2.76. The normalized spacial score (nSPS) is 11.6. The summed E-state index contributed by atoms with van der Waals surface area (Å²) in [5.41, 5.74) is 6.26. The zero-order valence-electron chi connectivity index (χ0n) is 11.0. The Balaban J connectivity index is 2.35. The second-order valence-electron chi connectivity index (χ2n) is 4.21. The number of hydrogen-bond donors (Lipinski definition) is 2. The van der Waals surface area contributed by atoms with Crippen molar-refractivity contribution in [1.82, 2.24) is 4.98 Å². The van der Waals surface area contributed by atoms with E-state index in [0.717, 1.165) is 15.0 Å². The Morgan fingerprint density at radius 2 is 2.10 bits per heavy atom. The highest BCUT2D eigenvalue weighted by Crippen LogP contribution is 2.27. The second kappa shape index (κ2) is 5.80. The lowest BCUT2D eigenvalue weighted by Crippen LogP contribution is -2.14. The van der Waals surface area contributed by atoms with Gasteiger partial charge in [0.15, 0.2) is 0 Å². The molecule has 20 heavy (non-hydrogen) atoms. The zero-order valence-corrected chi connectivity index (χ0v) is 14.2. The maximum atomic E-state index is 12.4. The first kappa shape index (κ1) is 15.4. The molecule has 0 aromatic carbocycles. The van der Waals surface area contributed by atoms with Crippen LogP contribution in [0.4, 0.5) is 5.82 Å². The van der Waals surface area contributed by atoms with Gasteiger partial charge in [0, 0.05) is 20.8 Å². The van der Waals surface area contributed by atoms with Crippen molar-refractivity contribution in [3.05, 3.63) is 38.1 Å². The summed E-state index contributed by atoms with van der Waals surface area (Å²) < 4.78 is 28.0. The van der Waals surface area contributed by atoms with Crippen LogP contribution < -0.4 is 10.5 Å². The van der Waals surface area contributed by atoms with Gasteiger partial charge < -0.3 is 5.73 Å². The van der Waals surface area contributed by atoms with Gasteiger partial charge in [-0.25, -0.2) is 13.4 Å². The van der Waals surface area contributed by atoms with Crippen LogP contribution >= 0.6 is 27.3 Å². The molecule has 0 fully saturated rings. The average molecular weight is 376 g/mol. The van der Waals surface area contributed by atoms with Crippen LogP contribution in [-0.4, -0.2) is 13.4 Å². The molecule has 3 N–H and O–H groups in total. The Kier molecular flexibility index (Phi) is 4.48. The molecule has 0 saturated heterocycles. The zero-order chi connectivity index (χ0) is 14.9. The molecule has 8 heteroatoms. The number of aryl methyl sites for hydroxylation is 2. The molecule has 0 aliphatic heterocycles. The van der Waals surface area contributed by atoms with Crippen molar-refractivity contribution in [1.29, 1.82) is 0 Å². The molecule has 0 spiro atoms. The van der Waals surface area contributed by atoms with E-state index in [-0.39, 0.29) is 4.90 Å². The van der Waals surface area contributed by atoms with Gasteiger partial charge in [-0.3, -0.25) is 4.72 Å². The minimum atomic E-state index is -3.64. The summed E-state index contributed by atoms with van der Waals surface area (Å²) in [6, 6.07) is 4.97. The summed E-state index contributed by atoms with van der Waals surface area (Å²) in [5.74, 6) is 0.297. The molecule has 5 nitrogen and oxygen atoms in total. The van der Waals surface area contributed by atoms with Crippen LogP contribution in [0.3, 0.4) is 0 Å². The first-order chi connectivity index (χ1) is 9.33. The highest BCUT2D eigenvalue weighted by Gasteiger charge is 2.20. The van der Waals surface area contributed by atoms with Crippen molar-refractivity contribution in [2.75, 3.05) is 4.72 Å². The summed E-state index contributed by atoms with van der Waals surface area (Å²) in [4.78, 5) is 5.99. The molecule has 0 bridgehead atoms. The molecule has 2 rings (SSSR count). The fourth-order valence-corrected chi connectivity index (χ4v) is 4.42. The molecule has 2 aromatic heterocycles. The number of rotatable bonds is 4. The van der Waals surface area contributed by atoms with Gasteiger partial charge >= 0.3 is 0 Å². The van der Waals surface area contributed by atoms with Gasteiger partial charge in [0.05, 0.1) is 5.69 Å². The number of thiophene rings is 1. The predicted molar refractivity (Wildman–Crippen MR) is 84.4 cm³/mol. The van der Waals surface area contributed by atoms with Crippen LogP contribution in [0.25, 0.3) is 0 Å². The van der Waals surface area contributed by atoms with Gasteiger partial charge in [-0.15, -0.1) is 11.3 Å². The van der Waals surface area contributed by atoms with E-state index in [1.54, 1.807) is 32.0 Å². The summed E-state index contributed by atoms with van der Waals surface area (Å²) in [6.07, 6.45) is 0. The first-order valence-corrected chi connectivity index (χ1v) is 8.88. The van der Waals surface area contributed by atoms with E-state index in [9.17, 15) is 8.42 Å². The van der Waals surface area contributed by atoms with E-state index in [0.29, 0.717) is 17.2 Å². The molecule has 0 aliphatic rings. The Morgan fingerprint density at radius 3 is 2.65 bits per heavy atom. The van der Waals surface area contributed by atoms with E-state index in [1.807, 2.05) is 0 Å². The Bertz CT molecular complexity index is 741. The molecule has 0 unspecified atom stereocenters. The largest absolute Gasteiger partial charge is 0.326 e. The predicted octanol–water partition coefficient (Wildman–Crippen LogP) is 2.78. The number of aromatic nitrogens is 1. The SMILES string of the molecule is Cc1nc(NS(=O)(=O)c2cc(CN)sc2C)ccc1Br. The van der Waals surface area contributed by atoms with Crippen LogP contribution in [0.1, 0.15) is 15.4 Å². The lowest BCUT2D eigenvalue weighted by molar-refractivity contribution is 0.601. The van der Waals surface area contributed by atoms with Crippen molar-refractivity contribution >= 4 is 43.1 Å². The summed E-state index contributed by atoms with van der Waals surface area (Å²) >= 11 is 4.71. The number of sulfonamides is 1. The van der Waals surface area contributed by atoms with Crippen molar-refractivity contribution in [2.24, 2.45) is 5.73 Å². The molecular formula is C12H14BrN3O2S2. The topological polar surface area (TPSA) is 85.1 Å². The molecular weight excluding hydrogens is 362 g/mol. The van der Waals surface area contributed by atoms with Gasteiger partial charge in [0.25, 0.3) is 10.0 Å². The minimum Gasteiger partial charge on any atom is -0.326 e. The van der Waals surface area contributed by atoms with E-state index in [2.05, 4.69) is 25.6 Å². The van der Waals surface area contributed by atoms with Gasteiger partial charge in [0.1, 0.15) is 10.7 Å². The highest BCUT2D eigenvalue weighted by molar-refractivity contribution is 9.10. The number of nitrogens with two attached hydrogens (primary N) is 1. The molecule has 0 radical (unpaired) electrons. The summed E-state index contributed by atoms with van der Waals surface area (Å²) in [6.45, 7) is 3.89. The standard InChI is InChI=1S/C12H14BrN3O2S2/c1-7-10(13)3-4-12(15-7)16-20(17,18)11-5-9(6-14)19-8(11)2/h3-5H,6,14H2,1-2H3,(H,15,16). The number of nitrogens with one attached hydrogen (secondary N) is 1. The Labute approximate surface area is 130 Å². The third-order valence-corrected chi connectivity index (χ3v) is 6.20. The van der Waals surface area contributed by atoms with Crippen LogP contribution in [0, 0.1) is 13.8 Å². The van der Waals surface area contributed by atoms with Gasteiger partial charge in [-0.1, -0.05) is 0 Å². The van der Waals surface area contributed by atoms with Crippen molar-refractivity contribution < 1.29 is 8.42 Å². The van der Waals surface area contributed by atoms with Crippen LogP contribution in [-0.2, 0) is 16.6 Å². The molecule has 0 aliphatic carbocycles. The number of hydrogen-bond acceptors (Lipinski definition) is 5. The first-order valence-electron chi connectivity index (χ1n) is 5.79. The van der Waals surface area contributed by atoms with E-state index in [1.165, 1.54) is 11.3 Å².